The molecule has 0 saturated carbocycles. The fourth-order valence-corrected chi connectivity index (χ4v) is 2.86. The van der Waals surface area contributed by atoms with Crippen LogP contribution in [0.1, 0.15) is 38.4 Å². The first-order valence-corrected chi connectivity index (χ1v) is 7.80. The maximum atomic E-state index is 12.5. The van der Waals surface area contributed by atoms with Crippen molar-refractivity contribution < 1.29 is 9.21 Å². The van der Waals surface area contributed by atoms with Gasteiger partial charge >= 0.3 is 0 Å². The summed E-state index contributed by atoms with van der Waals surface area (Å²) in [5.41, 5.74) is 6.17. The second-order valence-corrected chi connectivity index (χ2v) is 6.13. The Kier molecular flexibility index (Phi) is 3.95. The molecule has 0 unspecified atom stereocenters. The summed E-state index contributed by atoms with van der Waals surface area (Å²) < 4.78 is 5.87. The molecule has 3 nitrogen and oxygen atoms in total. The molecule has 0 bridgehead atoms. The summed E-state index contributed by atoms with van der Waals surface area (Å²) >= 11 is 0. The maximum absolute atomic E-state index is 12.5. The van der Waals surface area contributed by atoms with Gasteiger partial charge in [-0.05, 0) is 44.4 Å². The van der Waals surface area contributed by atoms with Crippen molar-refractivity contribution in [3.05, 3.63) is 70.0 Å². The molecular weight excluding hydrogens is 286 g/mol. The molecule has 1 aromatic heterocycles. The number of hydrogen-bond acceptors (Lipinski definition) is 2. The number of carbonyl (C=O) groups excluding carboxylic acids is 1. The lowest BCUT2D eigenvalue weighted by atomic mass is 10.0. The smallest absolute Gasteiger partial charge is 0.287 e. The van der Waals surface area contributed by atoms with Gasteiger partial charge in [0.1, 0.15) is 5.58 Å². The minimum absolute atomic E-state index is 0.168. The van der Waals surface area contributed by atoms with E-state index in [0.717, 1.165) is 33.2 Å². The van der Waals surface area contributed by atoms with Crippen molar-refractivity contribution in [2.24, 2.45) is 0 Å². The van der Waals surface area contributed by atoms with E-state index in [1.807, 2.05) is 58.0 Å². The van der Waals surface area contributed by atoms with Crippen molar-refractivity contribution in [3.63, 3.8) is 0 Å². The Hall–Kier alpha value is -2.55. The number of amides is 1. The van der Waals surface area contributed by atoms with Gasteiger partial charge in [-0.3, -0.25) is 4.79 Å². The molecule has 0 spiro atoms. The first kappa shape index (κ1) is 15.3. The number of aryl methyl sites for hydroxylation is 4. The van der Waals surface area contributed by atoms with Crippen LogP contribution in [-0.2, 0) is 6.54 Å². The third kappa shape index (κ3) is 2.87. The van der Waals surface area contributed by atoms with Gasteiger partial charge in [-0.1, -0.05) is 42.0 Å². The Balaban J connectivity index is 1.86. The van der Waals surface area contributed by atoms with Crippen LogP contribution in [-0.4, -0.2) is 5.91 Å². The van der Waals surface area contributed by atoms with Crippen LogP contribution in [0, 0.1) is 27.7 Å². The quantitative estimate of drug-likeness (QED) is 0.768. The number of benzene rings is 2. The van der Waals surface area contributed by atoms with E-state index in [2.05, 4.69) is 11.4 Å². The van der Waals surface area contributed by atoms with E-state index in [4.69, 9.17) is 4.42 Å². The van der Waals surface area contributed by atoms with Crippen molar-refractivity contribution in [1.29, 1.82) is 0 Å². The summed E-state index contributed by atoms with van der Waals surface area (Å²) in [6, 6.07) is 12.2. The highest BCUT2D eigenvalue weighted by Gasteiger charge is 2.19. The van der Waals surface area contributed by atoms with Crippen molar-refractivity contribution in [3.8, 4) is 0 Å². The fourth-order valence-electron chi connectivity index (χ4n) is 2.86. The van der Waals surface area contributed by atoms with Crippen LogP contribution >= 0.6 is 0 Å². The third-order valence-electron chi connectivity index (χ3n) is 4.26. The van der Waals surface area contributed by atoms with E-state index < -0.39 is 0 Å². The van der Waals surface area contributed by atoms with Crippen LogP contribution in [0.25, 0.3) is 11.0 Å². The summed E-state index contributed by atoms with van der Waals surface area (Å²) in [6.45, 7) is 8.52. The van der Waals surface area contributed by atoms with Crippen LogP contribution in [0.15, 0.2) is 40.8 Å². The van der Waals surface area contributed by atoms with Gasteiger partial charge in [0, 0.05) is 17.5 Å². The van der Waals surface area contributed by atoms with Crippen LogP contribution in [0.5, 0.6) is 0 Å². The van der Waals surface area contributed by atoms with E-state index in [0.29, 0.717) is 12.3 Å². The van der Waals surface area contributed by atoms with Crippen LogP contribution in [0.3, 0.4) is 0 Å². The Labute approximate surface area is 136 Å². The summed E-state index contributed by atoms with van der Waals surface area (Å²) in [5.74, 6) is 0.239. The molecule has 0 saturated heterocycles. The second-order valence-electron chi connectivity index (χ2n) is 6.13. The number of hydrogen-bond donors (Lipinski definition) is 1. The molecule has 0 aliphatic carbocycles. The molecule has 0 aliphatic heterocycles. The zero-order chi connectivity index (χ0) is 16.6. The molecule has 0 radical (unpaired) electrons. The lowest BCUT2D eigenvalue weighted by Gasteiger charge is -2.04. The summed E-state index contributed by atoms with van der Waals surface area (Å²) in [5, 5.41) is 3.99. The Bertz CT molecular complexity index is 873. The standard InChI is InChI=1S/C20H21NO2/c1-12-5-9-16(10-6-12)11-21-20(22)19-15(4)17-13(2)7-8-14(3)18(17)23-19/h5-10H,11H2,1-4H3,(H,21,22). The van der Waals surface area contributed by atoms with Crippen molar-refractivity contribution in [2.45, 2.75) is 34.2 Å². The van der Waals surface area contributed by atoms with Gasteiger partial charge in [0.2, 0.25) is 0 Å². The maximum Gasteiger partial charge on any atom is 0.287 e. The number of rotatable bonds is 3. The predicted octanol–water partition coefficient (Wildman–Crippen LogP) is 4.60. The Morgan fingerprint density at radius 1 is 0.957 bits per heavy atom. The number of carbonyl (C=O) groups is 1. The average molecular weight is 307 g/mol. The molecule has 23 heavy (non-hydrogen) atoms. The predicted molar refractivity (Wildman–Crippen MR) is 92.8 cm³/mol. The molecule has 3 rings (SSSR count). The first-order chi connectivity index (χ1) is 11.0. The van der Waals surface area contributed by atoms with Crippen molar-refractivity contribution in [1.82, 2.24) is 5.32 Å². The van der Waals surface area contributed by atoms with Gasteiger partial charge in [0.25, 0.3) is 5.91 Å². The molecular formula is C20H21NO2. The van der Waals surface area contributed by atoms with E-state index in [1.54, 1.807) is 0 Å². The zero-order valence-electron chi connectivity index (χ0n) is 14.0. The minimum Gasteiger partial charge on any atom is -0.450 e. The summed E-state index contributed by atoms with van der Waals surface area (Å²) in [7, 11) is 0. The number of nitrogens with one attached hydrogen (secondary N) is 1. The number of fused-ring (bicyclic) bond motifs is 1. The highest BCUT2D eigenvalue weighted by Crippen LogP contribution is 2.30. The zero-order valence-corrected chi connectivity index (χ0v) is 14.0. The molecule has 118 valence electrons. The van der Waals surface area contributed by atoms with Gasteiger partial charge in [-0.25, -0.2) is 0 Å². The van der Waals surface area contributed by atoms with Gasteiger partial charge in [0.05, 0.1) is 0 Å². The summed E-state index contributed by atoms with van der Waals surface area (Å²) in [6.07, 6.45) is 0. The van der Waals surface area contributed by atoms with E-state index in [-0.39, 0.29) is 5.91 Å². The van der Waals surface area contributed by atoms with Gasteiger partial charge < -0.3 is 9.73 Å². The second kappa shape index (κ2) is 5.92. The molecule has 0 aliphatic rings. The van der Waals surface area contributed by atoms with E-state index in [9.17, 15) is 4.79 Å². The SMILES string of the molecule is Cc1ccc(CNC(=O)c2oc3c(C)ccc(C)c3c2C)cc1. The van der Waals surface area contributed by atoms with E-state index in [1.165, 1.54) is 5.56 Å². The monoisotopic (exact) mass is 307 g/mol. The third-order valence-corrected chi connectivity index (χ3v) is 4.26. The van der Waals surface area contributed by atoms with Crippen LogP contribution in [0.2, 0.25) is 0 Å². The minimum atomic E-state index is -0.168. The normalized spacial score (nSPS) is 11.0. The Morgan fingerprint density at radius 2 is 1.61 bits per heavy atom. The van der Waals surface area contributed by atoms with Gasteiger partial charge in [-0.15, -0.1) is 0 Å². The molecule has 3 heteroatoms. The molecule has 2 aromatic carbocycles. The molecule has 3 aromatic rings. The molecule has 1 amide bonds. The molecule has 0 atom stereocenters. The van der Waals surface area contributed by atoms with Crippen LogP contribution < -0.4 is 5.32 Å². The average Bonchev–Trinajstić information content (AvgIpc) is 2.89. The Morgan fingerprint density at radius 3 is 2.26 bits per heavy atom. The lowest BCUT2D eigenvalue weighted by molar-refractivity contribution is 0.0924. The summed E-state index contributed by atoms with van der Waals surface area (Å²) in [4.78, 5) is 12.5. The molecule has 1 N–H and O–H groups in total. The largest absolute Gasteiger partial charge is 0.450 e. The highest BCUT2D eigenvalue weighted by molar-refractivity contribution is 6.00. The van der Waals surface area contributed by atoms with Crippen molar-refractivity contribution >= 4 is 16.9 Å². The van der Waals surface area contributed by atoms with Crippen LogP contribution in [0.4, 0.5) is 0 Å². The van der Waals surface area contributed by atoms with Gasteiger partial charge in [0.15, 0.2) is 5.76 Å². The first-order valence-electron chi connectivity index (χ1n) is 7.80. The topological polar surface area (TPSA) is 42.2 Å². The van der Waals surface area contributed by atoms with E-state index >= 15 is 0 Å². The van der Waals surface area contributed by atoms with Gasteiger partial charge in [-0.2, -0.15) is 0 Å². The van der Waals surface area contributed by atoms with Crippen molar-refractivity contribution in [2.75, 3.05) is 0 Å². The molecule has 1 heterocycles. The number of furan rings is 1. The fraction of sp³-hybridized carbons (Fsp3) is 0.250. The lowest BCUT2D eigenvalue weighted by Crippen LogP contribution is -2.22. The molecule has 0 fully saturated rings. The highest BCUT2D eigenvalue weighted by atomic mass is 16.3.